The highest BCUT2D eigenvalue weighted by Gasteiger charge is 2.12. The summed E-state index contributed by atoms with van der Waals surface area (Å²) in [5.74, 6) is 0. The Morgan fingerprint density at radius 1 is 1.57 bits per heavy atom. The van der Waals surface area contributed by atoms with Crippen LogP contribution in [0, 0.1) is 6.92 Å². The monoisotopic (exact) mass is 193 g/mol. The highest BCUT2D eigenvalue weighted by atomic mass is 15.3. The van der Waals surface area contributed by atoms with E-state index in [1.165, 1.54) is 37.9 Å². The van der Waals surface area contributed by atoms with E-state index in [0.717, 1.165) is 6.54 Å². The molecule has 1 fully saturated rings. The third-order valence-electron chi connectivity index (χ3n) is 3.03. The zero-order valence-electron chi connectivity index (χ0n) is 8.87. The molecule has 3 heteroatoms. The van der Waals surface area contributed by atoms with Crippen LogP contribution in [0.25, 0.3) is 0 Å². The van der Waals surface area contributed by atoms with E-state index >= 15 is 0 Å². The molecule has 1 unspecified atom stereocenters. The highest BCUT2D eigenvalue weighted by molar-refractivity contribution is 4.96. The molecule has 0 spiro atoms. The minimum atomic E-state index is 0.715. The summed E-state index contributed by atoms with van der Waals surface area (Å²) in [4.78, 5) is 0. The van der Waals surface area contributed by atoms with Gasteiger partial charge in [-0.2, -0.15) is 5.10 Å². The Hall–Kier alpha value is -0.830. The van der Waals surface area contributed by atoms with Gasteiger partial charge in [0.15, 0.2) is 0 Å². The van der Waals surface area contributed by atoms with E-state index in [9.17, 15) is 0 Å². The average molecular weight is 193 g/mol. The molecule has 3 nitrogen and oxygen atoms in total. The molecule has 1 aromatic heterocycles. The van der Waals surface area contributed by atoms with E-state index in [-0.39, 0.29) is 0 Å². The Labute approximate surface area is 85.5 Å². The Morgan fingerprint density at radius 2 is 2.50 bits per heavy atom. The molecule has 0 bridgehead atoms. The summed E-state index contributed by atoms with van der Waals surface area (Å²) in [7, 11) is 0. The second-order valence-electron chi connectivity index (χ2n) is 4.13. The normalized spacial score (nSPS) is 22.5. The molecule has 78 valence electrons. The van der Waals surface area contributed by atoms with Gasteiger partial charge in [-0.3, -0.25) is 4.68 Å². The molecule has 0 aromatic carbocycles. The Morgan fingerprint density at radius 3 is 3.14 bits per heavy atom. The van der Waals surface area contributed by atoms with Gasteiger partial charge in [-0.05, 0) is 38.8 Å². The van der Waals surface area contributed by atoms with Crippen molar-refractivity contribution in [2.45, 2.75) is 45.2 Å². The van der Waals surface area contributed by atoms with Crippen molar-refractivity contribution in [1.29, 1.82) is 0 Å². The SMILES string of the molecule is Cc1ccnn1CCC1CCCCN1. The topological polar surface area (TPSA) is 29.9 Å². The van der Waals surface area contributed by atoms with Gasteiger partial charge < -0.3 is 5.32 Å². The summed E-state index contributed by atoms with van der Waals surface area (Å²) in [6, 6.07) is 2.78. The van der Waals surface area contributed by atoms with Crippen molar-refractivity contribution < 1.29 is 0 Å². The lowest BCUT2D eigenvalue weighted by molar-refractivity contribution is 0.359. The van der Waals surface area contributed by atoms with Crippen molar-refractivity contribution >= 4 is 0 Å². The first-order valence-corrected chi connectivity index (χ1v) is 5.58. The van der Waals surface area contributed by atoms with Crippen molar-refractivity contribution in [3.63, 3.8) is 0 Å². The van der Waals surface area contributed by atoms with Crippen molar-refractivity contribution in [3.05, 3.63) is 18.0 Å². The van der Waals surface area contributed by atoms with Gasteiger partial charge in [0.05, 0.1) is 0 Å². The van der Waals surface area contributed by atoms with Gasteiger partial charge in [0, 0.05) is 24.5 Å². The molecule has 14 heavy (non-hydrogen) atoms. The largest absolute Gasteiger partial charge is 0.314 e. The minimum absolute atomic E-state index is 0.715. The maximum absolute atomic E-state index is 4.29. The maximum atomic E-state index is 4.29. The number of nitrogens with zero attached hydrogens (tertiary/aromatic N) is 2. The predicted molar refractivity (Wildman–Crippen MR) is 57.2 cm³/mol. The molecule has 1 aliphatic rings. The third-order valence-corrected chi connectivity index (χ3v) is 3.03. The number of hydrogen-bond donors (Lipinski definition) is 1. The summed E-state index contributed by atoms with van der Waals surface area (Å²) < 4.78 is 2.09. The molecule has 0 saturated carbocycles. The third kappa shape index (κ3) is 2.35. The number of nitrogens with one attached hydrogen (secondary N) is 1. The van der Waals surface area contributed by atoms with Gasteiger partial charge >= 0.3 is 0 Å². The van der Waals surface area contributed by atoms with Crippen LogP contribution in [0.5, 0.6) is 0 Å². The molecule has 2 rings (SSSR count). The van der Waals surface area contributed by atoms with Gasteiger partial charge in [0.2, 0.25) is 0 Å². The summed E-state index contributed by atoms with van der Waals surface area (Å²) in [5, 5.41) is 7.85. The minimum Gasteiger partial charge on any atom is -0.314 e. The Kier molecular flexibility index (Phi) is 3.19. The molecule has 1 saturated heterocycles. The lowest BCUT2D eigenvalue weighted by Crippen LogP contribution is -2.34. The van der Waals surface area contributed by atoms with E-state index < -0.39 is 0 Å². The van der Waals surface area contributed by atoms with Gasteiger partial charge in [0.25, 0.3) is 0 Å². The Balaban J connectivity index is 1.79. The standard InChI is InChI=1S/C11H19N3/c1-10-5-8-13-14(10)9-6-11-4-2-3-7-12-11/h5,8,11-12H,2-4,6-7,9H2,1H3. The van der Waals surface area contributed by atoms with Gasteiger partial charge in [-0.25, -0.2) is 0 Å². The Bertz CT molecular complexity index is 274. The van der Waals surface area contributed by atoms with E-state index in [2.05, 4.69) is 28.1 Å². The predicted octanol–water partition coefficient (Wildman–Crippen LogP) is 1.72. The number of aryl methyl sites for hydroxylation is 2. The number of aromatic nitrogens is 2. The van der Waals surface area contributed by atoms with Crippen LogP contribution in [0.15, 0.2) is 12.3 Å². The fraction of sp³-hybridized carbons (Fsp3) is 0.727. The van der Waals surface area contributed by atoms with E-state index in [1.807, 2.05) is 6.20 Å². The molecule has 0 amide bonds. The lowest BCUT2D eigenvalue weighted by atomic mass is 10.0. The second kappa shape index (κ2) is 4.60. The molecule has 1 N–H and O–H groups in total. The summed E-state index contributed by atoms with van der Waals surface area (Å²) >= 11 is 0. The summed E-state index contributed by atoms with van der Waals surface area (Å²) in [6.45, 7) is 4.36. The molecule has 2 heterocycles. The van der Waals surface area contributed by atoms with Gasteiger partial charge in [0.1, 0.15) is 0 Å². The first kappa shape index (κ1) is 9.71. The summed E-state index contributed by atoms with van der Waals surface area (Å²) in [5.41, 5.74) is 1.26. The van der Waals surface area contributed by atoms with Crippen LogP contribution in [0.3, 0.4) is 0 Å². The second-order valence-corrected chi connectivity index (χ2v) is 4.13. The maximum Gasteiger partial charge on any atom is 0.0492 e. The van der Waals surface area contributed by atoms with E-state index in [0.29, 0.717) is 6.04 Å². The lowest BCUT2D eigenvalue weighted by Gasteiger charge is -2.23. The first-order valence-electron chi connectivity index (χ1n) is 5.58. The molecule has 1 aromatic rings. The van der Waals surface area contributed by atoms with Gasteiger partial charge in [-0.15, -0.1) is 0 Å². The van der Waals surface area contributed by atoms with Crippen LogP contribution < -0.4 is 5.32 Å². The van der Waals surface area contributed by atoms with E-state index in [1.54, 1.807) is 0 Å². The number of hydrogen-bond acceptors (Lipinski definition) is 2. The molecular formula is C11H19N3. The molecule has 1 atom stereocenters. The molecule has 0 radical (unpaired) electrons. The fourth-order valence-corrected chi connectivity index (χ4v) is 2.08. The van der Waals surface area contributed by atoms with Crippen LogP contribution in [-0.2, 0) is 6.54 Å². The van der Waals surface area contributed by atoms with Crippen molar-refractivity contribution in [2.24, 2.45) is 0 Å². The van der Waals surface area contributed by atoms with E-state index in [4.69, 9.17) is 0 Å². The average Bonchev–Trinajstić information content (AvgIpc) is 2.63. The fourth-order valence-electron chi connectivity index (χ4n) is 2.08. The van der Waals surface area contributed by atoms with Crippen LogP contribution in [0.1, 0.15) is 31.4 Å². The highest BCUT2D eigenvalue weighted by Crippen LogP contribution is 2.11. The number of rotatable bonds is 3. The van der Waals surface area contributed by atoms with Crippen molar-refractivity contribution in [1.82, 2.24) is 15.1 Å². The van der Waals surface area contributed by atoms with Crippen molar-refractivity contribution in [3.8, 4) is 0 Å². The smallest absolute Gasteiger partial charge is 0.0492 e. The van der Waals surface area contributed by atoms with Crippen LogP contribution in [0.4, 0.5) is 0 Å². The zero-order chi connectivity index (χ0) is 9.80. The quantitative estimate of drug-likeness (QED) is 0.792. The van der Waals surface area contributed by atoms with Crippen LogP contribution >= 0.6 is 0 Å². The zero-order valence-corrected chi connectivity index (χ0v) is 8.87. The van der Waals surface area contributed by atoms with Crippen LogP contribution in [-0.4, -0.2) is 22.4 Å². The molecular weight excluding hydrogens is 174 g/mol. The first-order chi connectivity index (χ1) is 6.86. The van der Waals surface area contributed by atoms with Gasteiger partial charge in [-0.1, -0.05) is 6.42 Å². The van der Waals surface area contributed by atoms with Crippen molar-refractivity contribution in [2.75, 3.05) is 6.54 Å². The number of piperidine rings is 1. The van der Waals surface area contributed by atoms with Crippen LogP contribution in [0.2, 0.25) is 0 Å². The molecule has 1 aliphatic heterocycles. The summed E-state index contributed by atoms with van der Waals surface area (Å²) in [6.07, 6.45) is 7.15. The molecule has 0 aliphatic carbocycles.